The van der Waals surface area contributed by atoms with Gasteiger partial charge in [-0.2, -0.15) is 0 Å². The molecule has 1 fully saturated rings. The Balaban J connectivity index is 1.82. The molecule has 0 radical (unpaired) electrons. The molecule has 1 aliphatic carbocycles. The van der Waals surface area contributed by atoms with Crippen LogP contribution >= 0.6 is 0 Å². The third-order valence-corrected chi connectivity index (χ3v) is 5.15. The van der Waals surface area contributed by atoms with Crippen LogP contribution in [0.4, 0.5) is 0 Å². The summed E-state index contributed by atoms with van der Waals surface area (Å²) in [6.07, 6.45) is 2.23. The summed E-state index contributed by atoms with van der Waals surface area (Å²) in [5.41, 5.74) is -0.272. The van der Waals surface area contributed by atoms with E-state index >= 15 is 0 Å². The average Bonchev–Trinajstić information content (AvgIpc) is 3.46. The molecule has 0 aliphatic heterocycles. The number of rotatable bonds is 10. The topological polar surface area (TPSA) is 133 Å². The zero-order valence-electron chi connectivity index (χ0n) is 15.2. The van der Waals surface area contributed by atoms with Gasteiger partial charge in [-0.1, -0.05) is 30.3 Å². The number of hydrogen-bond donors (Lipinski definition) is 2. The van der Waals surface area contributed by atoms with Crippen molar-refractivity contribution >= 4 is 10.0 Å². The number of nitrogens with two attached hydrogens (primary N) is 1. The minimum atomic E-state index is -3.70. The third-order valence-electron chi connectivity index (χ3n) is 4.34. The van der Waals surface area contributed by atoms with E-state index in [4.69, 9.17) is 14.6 Å². The van der Waals surface area contributed by atoms with E-state index in [0.717, 1.165) is 18.4 Å². The number of aromatic nitrogens is 2. The molecule has 1 aromatic heterocycles. The van der Waals surface area contributed by atoms with Gasteiger partial charge in [0.25, 0.3) is 5.56 Å². The summed E-state index contributed by atoms with van der Waals surface area (Å²) < 4.78 is 36.1. The summed E-state index contributed by atoms with van der Waals surface area (Å²) in [5, 5.41) is 5.17. The molecule has 10 heteroatoms. The number of aromatic amines is 1. The quantitative estimate of drug-likeness (QED) is 0.586. The Hall–Kier alpha value is -2.27. The van der Waals surface area contributed by atoms with Crippen LogP contribution in [0, 0.1) is 0 Å². The van der Waals surface area contributed by atoms with Crippen molar-refractivity contribution in [3.63, 3.8) is 0 Å². The molecule has 0 amide bonds. The van der Waals surface area contributed by atoms with Gasteiger partial charge in [-0.05, 0) is 24.8 Å². The fraction of sp³-hybridized carbons (Fsp3) is 0.444. The van der Waals surface area contributed by atoms with E-state index in [2.05, 4.69) is 4.98 Å². The van der Waals surface area contributed by atoms with Crippen molar-refractivity contribution in [1.82, 2.24) is 9.55 Å². The molecule has 3 N–H and O–H groups in total. The Morgan fingerprint density at radius 1 is 1.18 bits per heavy atom. The van der Waals surface area contributed by atoms with Crippen LogP contribution in [0.5, 0.6) is 0 Å². The van der Waals surface area contributed by atoms with E-state index in [-0.39, 0.29) is 25.0 Å². The van der Waals surface area contributed by atoms with Gasteiger partial charge < -0.3 is 9.47 Å². The maximum atomic E-state index is 11.9. The second kappa shape index (κ2) is 8.82. The number of primary sulfonamides is 1. The molecule has 2 aromatic rings. The number of H-pyrrole nitrogens is 1. The van der Waals surface area contributed by atoms with E-state index in [1.807, 2.05) is 30.3 Å². The lowest BCUT2D eigenvalue weighted by atomic mass is 10.0. The summed E-state index contributed by atoms with van der Waals surface area (Å²) in [6.45, 7) is -0.164. The van der Waals surface area contributed by atoms with Gasteiger partial charge in [0.2, 0.25) is 10.0 Å². The first-order valence-electron chi connectivity index (χ1n) is 8.94. The molecule has 1 heterocycles. The van der Waals surface area contributed by atoms with Crippen molar-refractivity contribution in [2.45, 2.75) is 44.3 Å². The molecule has 2 atom stereocenters. The van der Waals surface area contributed by atoms with Crippen molar-refractivity contribution in [3.05, 3.63) is 69.0 Å². The van der Waals surface area contributed by atoms with Gasteiger partial charge in [-0.15, -0.1) is 0 Å². The molecule has 1 aliphatic rings. The Labute approximate surface area is 162 Å². The summed E-state index contributed by atoms with van der Waals surface area (Å²) in [6, 6.07) is 10.6. The van der Waals surface area contributed by atoms with E-state index < -0.39 is 33.5 Å². The predicted molar refractivity (Wildman–Crippen MR) is 102 cm³/mol. The van der Waals surface area contributed by atoms with Crippen LogP contribution in [0.3, 0.4) is 0 Å². The average molecular weight is 409 g/mol. The smallest absolute Gasteiger partial charge is 0.330 e. The number of sulfonamides is 1. The summed E-state index contributed by atoms with van der Waals surface area (Å²) >= 11 is 0. The predicted octanol–water partition coefficient (Wildman–Crippen LogP) is 0.478. The molecule has 9 nitrogen and oxygen atoms in total. The second-order valence-electron chi connectivity index (χ2n) is 6.74. The van der Waals surface area contributed by atoms with E-state index in [0.29, 0.717) is 0 Å². The van der Waals surface area contributed by atoms with Crippen molar-refractivity contribution in [3.8, 4) is 0 Å². The lowest BCUT2D eigenvalue weighted by Crippen LogP contribution is -2.34. The lowest BCUT2D eigenvalue weighted by molar-refractivity contribution is -0.103. The number of benzene rings is 1. The first-order chi connectivity index (χ1) is 13.3. The highest BCUT2D eigenvalue weighted by atomic mass is 32.2. The van der Waals surface area contributed by atoms with Crippen LogP contribution in [0.2, 0.25) is 0 Å². The monoisotopic (exact) mass is 409 g/mol. The van der Waals surface area contributed by atoms with Crippen LogP contribution in [-0.4, -0.2) is 35.9 Å². The van der Waals surface area contributed by atoms with E-state index in [9.17, 15) is 18.0 Å². The molecule has 2 unspecified atom stereocenters. The number of ether oxygens (including phenoxy) is 2. The summed E-state index contributed by atoms with van der Waals surface area (Å²) in [5.74, 6) is -0.282. The van der Waals surface area contributed by atoms with Crippen molar-refractivity contribution in [1.29, 1.82) is 0 Å². The number of hydrogen-bond acceptors (Lipinski definition) is 6. The van der Waals surface area contributed by atoms with Crippen LogP contribution in [0.1, 0.15) is 30.9 Å². The molecule has 1 aromatic carbocycles. The van der Waals surface area contributed by atoms with Crippen LogP contribution < -0.4 is 16.4 Å². The highest BCUT2D eigenvalue weighted by molar-refractivity contribution is 7.89. The van der Waals surface area contributed by atoms with Gasteiger partial charge in [0, 0.05) is 12.3 Å². The minimum absolute atomic E-state index is 0.0987. The molecule has 3 rings (SSSR count). The molecule has 0 bridgehead atoms. The Kier molecular flexibility index (Phi) is 6.45. The summed E-state index contributed by atoms with van der Waals surface area (Å²) in [4.78, 5) is 25.2. The standard InChI is InChI=1S/C18H23N3O6S/c19-28(24,25)11-9-15(26-12-21-10-8-16(22)20-18(21)23)17(27-14-6-7-14)13-4-2-1-3-5-13/h1-5,8,10,14-15,17H,6-7,9,11-12H2,(H2,19,24,25)(H,20,22,23). The highest BCUT2D eigenvalue weighted by Gasteiger charge is 2.33. The molecule has 28 heavy (non-hydrogen) atoms. The maximum Gasteiger partial charge on any atom is 0.330 e. The Morgan fingerprint density at radius 3 is 2.50 bits per heavy atom. The van der Waals surface area contributed by atoms with E-state index in [1.54, 1.807) is 0 Å². The molecule has 0 saturated heterocycles. The maximum absolute atomic E-state index is 11.9. The van der Waals surface area contributed by atoms with Crippen molar-refractivity contribution in [2.75, 3.05) is 5.75 Å². The van der Waals surface area contributed by atoms with Crippen LogP contribution in [0.15, 0.2) is 52.2 Å². The Bertz CT molecular complexity index is 998. The SMILES string of the molecule is NS(=O)(=O)CCC(OCn1ccc(=O)[nH]c1=O)C(OC1CC1)c1ccccc1. The van der Waals surface area contributed by atoms with Crippen LogP contribution in [-0.2, 0) is 26.2 Å². The van der Waals surface area contributed by atoms with Gasteiger partial charge in [-0.3, -0.25) is 14.3 Å². The third kappa shape index (κ3) is 6.13. The van der Waals surface area contributed by atoms with E-state index in [1.165, 1.54) is 16.8 Å². The highest BCUT2D eigenvalue weighted by Crippen LogP contribution is 2.34. The van der Waals surface area contributed by atoms with Crippen molar-refractivity contribution in [2.24, 2.45) is 5.14 Å². The first kappa shape index (κ1) is 20.5. The summed E-state index contributed by atoms with van der Waals surface area (Å²) in [7, 11) is -3.70. The molecular formula is C18H23N3O6S. The van der Waals surface area contributed by atoms with Crippen molar-refractivity contribution < 1.29 is 17.9 Å². The van der Waals surface area contributed by atoms with Gasteiger partial charge in [0.15, 0.2) is 0 Å². The van der Waals surface area contributed by atoms with Gasteiger partial charge in [-0.25, -0.2) is 18.4 Å². The molecule has 0 spiro atoms. The normalized spacial score (nSPS) is 16.6. The molecule has 152 valence electrons. The van der Waals surface area contributed by atoms with Gasteiger partial charge in [0.05, 0.1) is 18.0 Å². The number of nitrogens with one attached hydrogen (secondary N) is 1. The van der Waals surface area contributed by atoms with Crippen LogP contribution in [0.25, 0.3) is 0 Å². The number of nitrogens with zero attached hydrogens (tertiary/aromatic N) is 1. The largest absolute Gasteiger partial charge is 0.368 e. The fourth-order valence-electron chi connectivity index (χ4n) is 2.76. The second-order valence-corrected chi connectivity index (χ2v) is 8.47. The Morgan fingerprint density at radius 2 is 1.89 bits per heavy atom. The first-order valence-corrected chi connectivity index (χ1v) is 10.7. The molecular weight excluding hydrogens is 386 g/mol. The van der Waals surface area contributed by atoms with Gasteiger partial charge in [0.1, 0.15) is 12.8 Å². The molecule has 1 saturated carbocycles. The van der Waals surface area contributed by atoms with Gasteiger partial charge >= 0.3 is 5.69 Å². The minimum Gasteiger partial charge on any atom is -0.368 e. The zero-order chi connectivity index (χ0) is 20.1. The lowest BCUT2D eigenvalue weighted by Gasteiger charge is -2.28. The zero-order valence-corrected chi connectivity index (χ0v) is 16.0. The fourth-order valence-corrected chi connectivity index (χ4v) is 3.32.